The molecule has 0 atom stereocenters. The minimum absolute atomic E-state index is 0.0590. The van der Waals surface area contributed by atoms with Crippen molar-refractivity contribution in [1.29, 1.82) is 0 Å². The third-order valence-corrected chi connectivity index (χ3v) is 3.81. The van der Waals surface area contributed by atoms with Crippen molar-refractivity contribution in [2.45, 2.75) is 6.92 Å². The Bertz CT molecular complexity index is 783. The molecule has 24 heavy (non-hydrogen) atoms. The monoisotopic (exact) mass is 395 g/mol. The molecular weight excluding hydrogens is 381 g/mol. The Morgan fingerprint density at radius 2 is 2.00 bits per heavy atom. The molecule has 0 fully saturated rings. The van der Waals surface area contributed by atoms with E-state index in [1.807, 2.05) is 0 Å². The molecule has 0 aliphatic rings. The number of rotatable bonds is 6. The Labute approximate surface area is 146 Å². The number of nitro groups is 1. The number of nitrogens with one attached hydrogen (secondary N) is 2. The summed E-state index contributed by atoms with van der Waals surface area (Å²) >= 11 is 3.18. The maximum atomic E-state index is 13.4. The van der Waals surface area contributed by atoms with Crippen LogP contribution in [0.3, 0.4) is 0 Å². The Kier molecular flexibility index (Phi) is 5.86. The molecule has 0 aliphatic carbocycles. The van der Waals surface area contributed by atoms with E-state index in [1.54, 1.807) is 25.1 Å². The van der Waals surface area contributed by atoms with Crippen LogP contribution in [0.2, 0.25) is 0 Å². The van der Waals surface area contributed by atoms with Crippen LogP contribution in [0.1, 0.15) is 15.9 Å². The summed E-state index contributed by atoms with van der Waals surface area (Å²) in [5.41, 5.74) is 0.999. The molecule has 2 aromatic rings. The second kappa shape index (κ2) is 7.87. The third-order valence-electron chi connectivity index (χ3n) is 3.32. The van der Waals surface area contributed by atoms with Crippen molar-refractivity contribution in [3.63, 3.8) is 0 Å². The van der Waals surface area contributed by atoms with E-state index in [1.165, 1.54) is 18.2 Å². The summed E-state index contributed by atoms with van der Waals surface area (Å²) in [4.78, 5) is 22.4. The van der Waals surface area contributed by atoms with Crippen molar-refractivity contribution in [3.8, 4) is 0 Å². The molecule has 2 aromatic carbocycles. The average molecular weight is 396 g/mol. The highest BCUT2D eigenvalue weighted by atomic mass is 79.9. The summed E-state index contributed by atoms with van der Waals surface area (Å²) in [5.74, 6) is -0.840. The number of nitrogens with zero attached hydrogens (tertiary/aromatic N) is 1. The first kappa shape index (κ1) is 17.9. The number of halogens is 2. The van der Waals surface area contributed by atoms with Crippen LogP contribution in [0.25, 0.3) is 0 Å². The number of benzene rings is 2. The number of hydrogen-bond acceptors (Lipinski definition) is 4. The van der Waals surface area contributed by atoms with Gasteiger partial charge in [-0.3, -0.25) is 14.9 Å². The second-order valence-corrected chi connectivity index (χ2v) is 5.98. The van der Waals surface area contributed by atoms with E-state index in [2.05, 4.69) is 26.6 Å². The van der Waals surface area contributed by atoms with E-state index in [9.17, 15) is 19.3 Å². The molecule has 0 heterocycles. The fraction of sp³-hybridized carbons (Fsp3) is 0.188. The van der Waals surface area contributed by atoms with Crippen LogP contribution in [-0.4, -0.2) is 23.9 Å². The number of amides is 1. The van der Waals surface area contributed by atoms with E-state index in [4.69, 9.17) is 0 Å². The van der Waals surface area contributed by atoms with Crippen molar-refractivity contribution in [2.75, 3.05) is 18.4 Å². The lowest BCUT2D eigenvalue weighted by molar-refractivity contribution is -0.384. The van der Waals surface area contributed by atoms with Gasteiger partial charge in [-0.2, -0.15) is 0 Å². The zero-order valence-corrected chi connectivity index (χ0v) is 14.4. The Hall–Kier alpha value is -2.48. The SMILES string of the molecule is Cc1ccc(C(=O)NCCNc2ccc(Br)cc2[N+](=O)[O-])cc1F. The molecule has 0 radical (unpaired) electrons. The third kappa shape index (κ3) is 4.51. The van der Waals surface area contributed by atoms with Crippen molar-refractivity contribution in [3.05, 3.63) is 67.9 Å². The molecular formula is C16H15BrFN3O3. The van der Waals surface area contributed by atoms with Crippen molar-refractivity contribution < 1.29 is 14.1 Å². The Balaban J connectivity index is 1.90. The summed E-state index contributed by atoms with van der Waals surface area (Å²) in [6.45, 7) is 2.15. The molecule has 0 saturated carbocycles. The van der Waals surface area contributed by atoms with Gasteiger partial charge in [0.05, 0.1) is 4.92 Å². The van der Waals surface area contributed by atoms with Crippen LogP contribution in [-0.2, 0) is 0 Å². The van der Waals surface area contributed by atoms with Gasteiger partial charge in [-0.15, -0.1) is 0 Å². The summed E-state index contributed by atoms with van der Waals surface area (Å²) in [7, 11) is 0. The van der Waals surface area contributed by atoms with E-state index in [-0.39, 0.29) is 17.8 Å². The van der Waals surface area contributed by atoms with Crippen molar-refractivity contribution in [1.82, 2.24) is 5.32 Å². The van der Waals surface area contributed by atoms with Gasteiger partial charge >= 0.3 is 0 Å². The lowest BCUT2D eigenvalue weighted by atomic mass is 10.1. The minimum atomic E-state index is -0.485. The molecule has 8 heteroatoms. The molecule has 0 unspecified atom stereocenters. The van der Waals surface area contributed by atoms with Crippen LogP contribution in [0.4, 0.5) is 15.8 Å². The minimum Gasteiger partial charge on any atom is -0.378 e. The quantitative estimate of drug-likeness (QED) is 0.444. The van der Waals surface area contributed by atoms with Crippen LogP contribution < -0.4 is 10.6 Å². The smallest absolute Gasteiger partial charge is 0.293 e. The van der Waals surface area contributed by atoms with Gasteiger partial charge in [0.2, 0.25) is 0 Å². The van der Waals surface area contributed by atoms with Gasteiger partial charge in [-0.05, 0) is 36.8 Å². The van der Waals surface area contributed by atoms with Crippen molar-refractivity contribution >= 4 is 33.2 Å². The first-order valence-corrected chi connectivity index (χ1v) is 7.90. The standard InChI is InChI=1S/C16H15BrFN3O3/c1-10-2-3-11(8-13(10)18)16(22)20-7-6-19-14-5-4-12(17)9-15(14)21(23)24/h2-5,8-9,19H,6-7H2,1H3,(H,20,22). The number of carbonyl (C=O) groups is 1. The summed E-state index contributed by atoms with van der Waals surface area (Å²) in [6.07, 6.45) is 0. The molecule has 0 saturated heterocycles. The highest BCUT2D eigenvalue weighted by molar-refractivity contribution is 9.10. The number of nitro benzene ring substituents is 1. The fourth-order valence-corrected chi connectivity index (χ4v) is 2.36. The fourth-order valence-electron chi connectivity index (χ4n) is 2.01. The molecule has 6 nitrogen and oxygen atoms in total. The maximum Gasteiger partial charge on any atom is 0.293 e. The highest BCUT2D eigenvalue weighted by Crippen LogP contribution is 2.27. The van der Waals surface area contributed by atoms with Gasteiger partial charge < -0.3 is 10.6 Å². The van der Waals surface area contributed by atoms with Crippen LogP contribution >= 0.6 is 15.9 Å². The van der Waals surface area contributed by atoms with Gasteiger partial charge in [-0.25, -0.2) is 4.39 Å². The number of anilines is 1. The lowest BCUT2D eigenvalue weighted by Crippen LogP contribution is -2.29. The van der Waals surface area contributed by atoms with Gasteiger partial charge in [0, 0.05) is 29.2 Å². The predicted octanol–water partition coefficient (Wildman–Crippen LogP) is 3.65. The normalized spacial score (nSPS) is 10.3. The summed E-state index contributed by atoms with van der Waals surface area (Å²) in [6, 6.07) is 8.92. The maximum absolute atomic E-state index is 13.4. The van der Waals surface area contributed by atoms with E-state index in [0.717, 1.165) is 0 Å². The molecule has 2 N–H and O–H groups in total. The van der Waals surface area contributed by atoms with E-state index in [0.29, 0.717) is 22.3 Å². The Morgan fingerprint density at radius 1 is 1.25 bits per heavy atom. The predicted molar refractivity (Wildman–Crippen MR) is 92.8 cm³/mol. The molecule has 2 rings (SSSR count). The topological polar surface area (TPSA) is 84.3 Å². The van der Waals surface area contributed by atoms with Gasteiger partial charge in [0.1, 0.15) is 11.5 Å². The lowest BCUT2D eigenvalue weighted by Gasteiger charge is -2.09. The molecule has 1 amide bonds. The number of carbonyl (C=O) groups excluding carboxylic acids is 1. The molecule has 0 spiro atoms. The largest absolute Gasteiger partial charge is 0.378 e. The van der Waals surface area contributed by atoms with Gasteiger partial charge in [-0.1, -0.05) is 22.0 Å². The molecule has 0 aliphatic heterocycles. The summed E-state index contributed by atoms with van der Waals surface area (Å²) < 4.78 is 14.0. The molecule has 0 bridgehead atoms. The summed E-state index contributed by atoms with van der Waals surface area (Å²) in [5, 5.41) is 16.5. The first-order valence-electron chi connectivity index (χ1n) is 7.10. The van der Waals surface area contributed by atoms with E-state index >= 15 is 0 Å². The van der Waals surface area contributed by atoms with Crippen LogP contribution in [0, 0.1) is 22.9 Å². The van der Waals surface area contributed by atoms with E-state index < -0.39 is 16.6 Å². The highest BCUT2D eigenvalue weighted by Gasteiger charge is 2.14. The Morgan fingerprint density at radius 3 is 2.67 bits per heavy atom. The van der Waals surface area contributed by atoms with Crippen LogP contribution in [0.15, 0.2) is 40.9 Å². The van der Waals surface area contributed by atoms with Gasteiger partial charge in [0.25, 0.3) is 11.6 Å². The first-order chi connectivity index (χ1) is 11.4. The zero-order valence-electron chi connectivity index (χ0n) is 12.8. The van der Waals surface area contributed by atoms with Crippen molar-refractivity contribution in [2.24, 2.45) is 0 Å². The van der Waals surface area contributed by atoms with Gasteiger partial charge in [0.15, 0.2) is 0 Å². The van der Waals surface area contributed by atoms with Crippen LogP contribution in [0.5, 0.6) is 0 Å². The molecule has 0 aromatic heterocycles. The zero-order chi connectivity index (χ0) is 17.7. The number of aryl methyl sites for hydroxylation is 1. The number of hydrogen-bond donors (Lipinski definition) is 2. The molecule has 126 valence electrons. The average Bonchev–Trinajstić information content (AvgIpc) is 2.54. The second-order valence-electron chi connectivity index (χ2n) is 5.07.